The molecule has 0 bridgehead atoms. The summed E-state index contributed by atoms with van der Waals surface area (Å²) in [6.45, 7) is 5.63. The summed E-state index contributed by atoms with van der Waals surface area (Å²) < 4.78 is 16.7. The third-order valence-electron chi connectivity index (χ3n) is 3.10. The Morgan fingerprint density at radius 1 is 1.11 bits per heavy atom. The Labute approximate surface area is 109 Å². The number of carbonyl (C=O) groups excluding carboxylic acids is 1. The van der Waals surface area contributed by atoms with E-state index in [1.165, 1.54) is 0 Å². The minimum atomic E-state index is -4.53. The summed E-state index contributed by atoms with van der Waals surface area (Å²) >= 11 is 0. The van der Waals surface area contributed by atoms with E-state index in [2.05, 4.69) is 0 Å². The van der Waals surface area contributed by atoms with Crippen molar-refractivity contribution in [2.75, 3.05) is 6.61 Å². The molecule has 0 unspecified atom stereocenters. The molecule has 0 rings (SSSR count). The Balaban J connectivity index is 5.25. The van der Waals surface area contributed by atoms with Gasteiger partial charge in [-0.1, -0.05) is 39.5 Å². The molecule has 0 atom stereocenters. The van der Waals surface area contributed by atoms with Crippen molar-refractivity contribution in [3.05, 3.63) is 0 Å². The van der Waals surface area contributed by atoms with Gasteiger partial charge in [-0.2, -0.15) is 0 Å². The van der Waals surface area contributed by atoms with Crippen LogP contribution in [0.2, 0.25) is 0 Å². The molecule has 0 aliphatic rings. The average molecular weight is 280 g/mol. The van der Waals surface area contributed by atoms with Gasteiger partial charge < -0.3 is 14.5 Å². The standard InChI is InChI=1S/C12H25O5P/c1-4-7-9-12(10-8-5-2,18(14,15)16)11(13)17-6-3/h4-10H2,1-3H3,(H2,14,15,16). The quantitative estimate of drug-likeness (QED) is 0.501. The molecule has 0 heterocycles. The molecular formula is C12H25O5P. The summed E-state index contributed by atoms with van der Waals surface area (Å²) in [6.07, 6.45) is 3.15. The van der Waals surface area contributed by atoms with Crippen LogP contribution in [0.3, 0.4) is 0 Å². The number of esters is 1. The van der Waals surface area contributed by atoms with Gasteiger partial charge in [-0.15, -0.1) is 0 Å². The van der Waals surface area contributed by atoms with Crippen LogP contribution in [0.1, 0.15) is 59.3 Å². The summed E-state index contributed by atoms with van der Waals surface area (Å²) in [6, 6.07) is 0. The maximum atomic E-state index is 12.0. The number of unbranched alkanes of at least 4 members (excludes halogenated alkanes) is 2. The van der Waals surface area contributed by atoms with Crippen molar-refractivity contribution in [3.63, 3.8) is 0 Å². The summed E-state index contributed by atoms with van der Waals surface area (Å²) in [4.78, 5) is 31.2. The minimum Gasteiger partial charge on any atom is -0.465 e. The van der Waals surface area contributed by atoms with Crippen molar-refractivity contribution in [3.8, 4) is 0 Å². The predicted molar refractivity (Wildman–Crippen MR) is 70.5 cm³/mol. The van der Waals surface area contributed by atoms with E-state index in [0.717, 1.165) is 12.8 Å². The van der Waals surface area contributed by atoms with Gasteiger partial charge in [0.1, 0.15) is 0 Å². The van der Waals surface area contributed by atoms with Crippen LogP contribution in [0.15, 0.2) is 0 Å². The molecule has 0 saturated heterocycles. The Morgan fingerprint density at radius 3 is 1.83 bits per heavy atom. The first-order chi connectivity index (χ1) is 8.35. The zero-order valence-electron chi connectivity index (χ0n) is 11.5. The third-order valence-corrected chi connectivity index (χ3v) is 4.85. The first kappa shape index (κ1) is 17.6. The number of ether oxygens (including phenoxy) is 1. The van der Waals surface area contributed by atoms with E-state index in [4.69, 9.17) is 4.74 Å². The first-order valence-electron chi connectivity index (χ1n) is 6.58. The van der Waals surface area contributed by atoms with Crippen LogP contribution < -0.4 is 0 Å². The fraction of sp³-hybridized carbons (Fsp3) is 0.917. The van der Waals surface area contributed by atoms with Gasteiger partial charge in [0.15, 0.2) is 5.16 Å². The smallest absolute Gasteiger partial charge is 0.342 e. The van der Waals surface area contributed by atoms with Crippen molar-refractivity contribution in [2.24, 2.45) is 0 Å². The fourth-order valence-corrected chi connectivity index (χ4v) is 3.14. The lowest BCUT2D eigenvalue weighted by atomic mass is 9.95. The maximum Gasteiger partial charge on any atom is 0.342 e. The van der Waals surface area contributed by atoms with E-state index in [-0.39, 0.29) is 19.4 Å². The molecule has 0 aromatic carbocycles. The molecule has 0 spiro atoms. The molecule has 0 aromatic heterocycles. The first-order valence-corrected chi connectivity index (χ1v) is 8.19. The zero-order chi connectivity index (χ0) is 14.2. The summed E-state index contributed by atoms with van der Waals surface area (Å²) in [5.74, 6) is -0.750. The molecule has 0 aliphatic carbocycles. The highest BCUT2D eigenvalue weighted by molar-refractivity contribution is 7.54. The molecule has 2 N–H and O–H groups in total. The van der Waals surface area contributed by atoms with Crippen LogP contribution in [0.5, 0.6) is 0 Å². The van der Waals surface area contributed by atoms with Crippen LogP contribution in [-0.4, -0.2) is 27.5 Å². The Hall–Kier alpha value is -0.380. The van der Waals surface area contributed by atoms with E-state index in [1.54, 1.807) is 6.92 Å². The Morgan fingerprint density at radius 2 is 1.56 bits per heavy atom. The van der Waals surface area contributed by atoms with E-state index in [0.29, 0.717) is 12.8 Å². The normalized spacial score (nSPS) is 12.5. The highest BCUT2D eigenvalue weighted by Gasteiger charge is 2.53. The minimum absolute atomic E-state index is 0.138. The molecule has 0 saturated carbocycles. The molecule has 0 radical (unpaired) electrons. The Bertz CT molecular complexity index is 289. The monoisotopic (exact) mass is 280 g/mol. The molecule has 0 aromatic rings. The summed E-state index contributed by atoms with van der Waals surface area (Å²) in [5.41, 5.74) is 0. The van der Waals surface area contributed by atoms with Gasteiger partial charge in [-0.3, -0.25) is 9.36 Å². The van der Waals surface area contributed by atoms with Crippen molar-refractivity contribution < 1.29 is 23.9 Å². The molecule has 6 heteroatoms. The molecule has 0 aliphatic heterocycles. The highest BCUT2D eigenvalue weighted by Crippen LogP contribution is 2.56. The van der Waals surface area contributed by atoms with Crippen LogP contribution in [0.25, 0.3) is 0 Å². The number of hydrogen-bond donors (Lipinski definition) is 2. The van der Waals surface area contributed by atoms with Gasteiger partial charge in [0.05, 0.1) is 6.61 Å². The van der Waals surface area contributed by atoms with Crippen LogP contribution in [0, 0.1) is 0 Å². The maximum absolute atomic E-state index is 12.0. The predicted octanol–water partition coefficient (Wildman–Crippen LogP) is 2.85. The lowest BCUT2D eigenvalue weighted by molar-refractivity contribution is -0.147. The molecule has 108 valence electrons. The van der Waals surface area contributed by atoms with Crippen LogP contribution in [0.4, 0.5) is 0 Å². The second kappa shape index (κ2) is 7.93. The number of carbonyl (C=O) groups is 1. The van der Waals surface area contributed by atoms with Crippen LogP contribution in [-0.2, 0) is 14.1 Å². The van der Waals surface area contributed by atoms with Gasteiger partial charge in [-0.05, 0) is 19.8 Å². The summed E-state index contributed by atoms with van der Waals surface area (Å²) in [5, 5.41) is -1.64. The highest BCUT2D eigenvalue weighted by atomic mass is 31.2. The lowest BCUT2D eigenvalue weighted by Gasteiger charge is -2.31. The number of hydrogen-bond acceptors (Lipinski definition) is 3. The fourth-order valence-electron chi connectivity index (χ4n) is 1.94. The second-order valence-corrected chi connectivity index (χ2v) is 6.45. The van der Waals surface area contributed by atoms with Gasteiger partial charge in [0.2, 0.25) is 0 Å². The van der Waals surface area contributed by atoms with Gasteiger partial charge in [0.25, 0.3) is 0 Å². The largest absolute Gasteiger partial charge is 0.465 e. The zero-order valence-corrected chi connectivity index (χ0v) is 12.4. The van der Waals surface area contributed by atoms with Crippen LogP contribution >= 0.6 is 7.60 Å². The van der Waals surface area contributed by atoms with E-state index < -0.39 is 18.7 Å². The molecule has 18 heavy (non-hydrogen) atoms. The molecule has 0 fully saturated rings. The molecule has 0 amide bonds. The SMILES string of the molecule is CCCCC(CCCC)(C(=O)OCC)P(=O)(O)O. The second-order valence-electron chi connectivity index (χ2n) is 4.50. The number of rotatable bonds is 9. The van der Waals surface area contributed by atoms with Gasteiger partial charge >= 0.3 is 13.6 Å². The van der Waals surface area contributed by atoms with E-state index >= 15 is 0 Å². The van der Waals surface area contributed by atoms with E-state index in [9.17, 15) is 19.1 Å². The third kappa shape index (κ3) is 4.38. The summed E-state index contributed by atoms with van der Waals surface area (Å²) in [7, 11) is -4.53. The topological polar surface area (TPSA) is 83.8 Å². The van der Waals surface area contributed by atoms with Gasteiger partial charge in [0, 0.05) is 0 Å². The Kier molecular flexibility index (Phi) is 7.76. The molecular weight excluding hydrogens is 255 g/mol. The van der Waals surface area contributed by atoms with Crippen molar-refractivity contribution in [1.29, 1.82) is 0 Å². The average Bonchev–Trinajstić information content (AvgIpc) is 2.28. The van der Waals surface area contributed by atoms with Crippen molar-refractivity contribution in [2.45, 2.75) is 64.5 Å². The van der Waals surface area contributed by atoms with Crippen molar-refractivity contribution >= 4 is 13.6 Å². The van der Waals surface area contributed by atoms with E-state index in [1.807, 2.05) is 13.8 Å². The van der Waals surface area contributed by atoms with Crippen molar-refractivity contribution in [1.82, 2.24) is 0 Å². The lowest BCUT2D eigenvalue weighted by Crippen LogP contribution is -2.40. The molecule has 5 nitrogen and oxygen atoms in total. The van der Waals surface area contributed by atoms with Gasteiger partial charge in [-0.25, -0.2) is 0 Å².